The van der Waals surface area contributed by atoms with Crippen LogP contribution in [0.5, 0.6) is 0 Å². The Morgan fingerprint density at radius 1 is 1.33 bits per heavy atom. The lowest BCUT2D eigenvalue weighted by Crippen LogP contribution is -2.26. The van der Waals surface area contributed by atoms with Gasteiger partial charge in [-0.15, -0.1) is 0 Å². The molecule has 0 radical (unpaired) electrons. The zero-order chi connectivity index (χ0) is 15.6. The molecule has 21 heavy (non-hydrogen) atoms. The van der Waals surface area contributed by atoms with Crippen LogP contribution in [0.15, 0.2) is 30.6 Å². The summed E-state index contributed by atoms with van der Waals surface area (Å²) in [4.78, 5) is 4.10. The Labute approximate surface area is 119 Å². The van der Waals surface area contributed by atoms with Crippen molar-refractivity contribution >= 4 is 0 Å². The van der Waals surface area contributed by atoms with Crippen LogP contribution in [0.2, 0.25) is 0 Å². The van der Waals surface area contributed by atoms with E-state index in [2.05, 4.69) is 10.3 Å². The van der Waals surface area contributed by atoms with Gasteiger partial charge < -0.3 is 9.88 Å². The van der Waals surface area contributed by atoms with Crippen molar-refractivity contribution in [2.75, 3.05) is 6.54 Å². The number of nitrogens with one attached hydrogen (secondary N) is 1. The van der Waals surface area contributed by atoms with Gasteiger partial charge in [0.25, 0.3) is 0 Å². The second-order valence-corrected chi connectivity index (χ2v) is 4.59. The van der Waals surface area contributed by atoms with Gasteiger partial charge in [-0.1, -0.05) is 19.1 Å². The highest BCUT2D eigenvalue weighted by Crippen LogP contribution is 2.34. The molecule has 1 aromatic heterocycles. The molecule has 1 unspecified atom stereocenters. The van der Waals surface area contributed by atoms with Crippen molar-refractivity contribution < 1.29 is 17.6 Å². The average Bonchev–Trinajstić information content (AvgIpc) is 2.81. The molecule has 0 fully saturated rings. The first kappa shape index (κ1) is 15.5. The van der Waals surface area contributed by atoms with Crippen LogP contribution in [-0.2, 0) is 13.2 Å². The number of aromatic nitrogens is 2. The van der Waals surface area contributed by atoms with Crippen LogP contribution >= 0.6 is 0 Å². The summed E-state index contributed by atoms with van der Waals surface area (Å²) < 4.78 is 54.4. The van der Waals surface area contributed by atoms with E-state index in [1.807, 2.05) is 0 Å². The molecule has 0 amide bonds. The van der Waals surface area contributed by atoms with E-state index < -0.39 is 23.6 Å². The Bertz CT molecular complexity index is 619. The molecule has 1 aromatic carbocycles. The molecule has 3 nitrogen and oxygen atoms in total. The number of hydrogen-bond acceptors (Lipinski definition) is 2. The van der Waals surface area contributed by atoms with Gasteiger partial charge in [-0.2, -0.15) is 13.2 Å². The van der Waals surface area contributed by atoms with Crippen molar-refractivity contribution in [3.63, 3.8) is 0 Å². The number of hydrogen-bond donors (Lipinski definition) is 1. The van der Waals surface area contributed by atoms with Gasteiger partial charge >= 0.3 is 6.18 Å². The number of rotatable bonds is 4. The highest BCUT2D eigenvalue weighted by atomic mass is 19.4. The van der Waals surface area contributed by atoms with Gasteiger partial charge in [-0.05, 0) is 12.6 Å². The lowest BCUT2D eigenvalue weighted by molar-refractivity contribution is -0.140. The monoisotopic (exact) mass is 301 g/mol. The Kier molecular flexibility index (Phi) is 4.32. The van der Waals surface area contributed by atoms with E-state index in [4.69, 9.17) is 0 Å². The highest BCUT2D eigenvalue weighted by molar-refractivity contribution is 5.33. The fourth-order valence-electron chi connectivity index (χ4n) is 2.19. The summed E-state index contributed by atoms with van der Waals surface area (Å²) in [5, 5.41) is 2.97. The molecule has 114 valence electrons. The topological polar surface area (TPSA) is 29.9 Å². The van der Waals surface area contributed by atoms with Crippen molar-refractivity contribution in [1.29, 1.82) is 0 Å². The fraction of sp³-hybridized carbons (Fsp3) is 0.357. The van der Waals surface area contributed by atoms with E-state index in [1.165, 1.54) is 18.3 Å². The van der Waals surface area contributed by atoms with Crippen molar-refractivity contribution in [3.05, 3.63) is 53.4 Å². The number of imidazole rings is 1. The molecule has 0 saturated carbocycles. The second-order valence-electron chi connectivity index (χ2n) is 4.59. The average molecular weight is 301 g/mol. The summed E-state index contributed by atoms with van der Waals surface area (Å²) in [7, 11) is 1.71. The summed E-state index contributed by atoms with van der Waals surface area (Å²) in [6.07, 6.45) is -1.55. The molecule has 0 aliphatic heterocycles. The molecule has 0 aliphatic rings. The summed E-state index contributed by atoms with van der Waals surface area (Å²) in [6, 6.07) is 2.54. The van der Waals surface area contributed by atoms with Gasteiger partial charge in [0.1, 0.15) is 11.6 Å². The van der Waals surface area contributed by atoms with E-state index in [0.717, 1.165) is 6.07 Å². The standard InChI is InChI=1S/C14H15F4N3/c1-3-19-12(13-20-7-8-21(13)2)9-5-4-6-10(11(9)15)14(16,17)18/h4-8,12,19H,3H2,1-2H3. The van der Waals surface area contributed by atoms with E-state index in [0.29, 0.717) is 12.4 Å². The normalized spacial score (nSPS) is 13.4. The predicted octanol–water partition coefficient (Wildman–Crippen LogP) is 3.28. The maximum absolute atomic E-state index is 14.3. The third kappa shape index (κ3) is 3.07. The zero-order valence-electron chi connectivity index (χ0n) is 11.6. The maximum atomic E-state index is 14.3. The summed E-state index contributed by atoms with van der Waals surface area (Å²) in [6.45, 7) is 2.26. The molecular formula is C14H15F4N3. The van der Waals surface area contributed by atoms with Crippen LogP contribution in [0.25, 0.3) is 0 Å². The fourth-order valence-corrected chi connectivity index (χ4v) is 2.19. The number of aryl methyl sites for hydroxylation is 1. The quantitative estimate of drug-likeness (QED) is 0.878. The molecule has 0 bridgehead atoms. The number of benzene rings is 1. The van der Waals surface area contributed by atoms with E-state index in [-0.39, 0.29) is 5.56 Å². The minimum atomic E-state index is -4.72. The third-order valence-corrected chi connectivity index (χ3v) is 3.17. The van der Waals surface area contributed by atoms with E-state index >= 15 is 0 Å². The van der Waals surface area contributed by atoms with E-state index in [9.17, 15) is 17.6 Å². The largest absolute Gasteiger partial charge is 0.419 e. The van der Waals surface area contributed by atoms with Gasteiger partial charge in [0.05, 0.1) is 11.6 Å². The van der Waals surface area contributed by atoms with Crippen LogP contribution in [0.3, 0.4) is 0 Å². The Balaban J connectivity index is 2.54. The van der Waals surface area contributed by atoms with Crippen LogP contribution in [0.1, 0.15) is 29.9 Å². The van der Waals surface area contributed by atoms with Crippen LogP contribution < -0.4 is 5.32 Å². The summed E-state index contributed by atoms with van der Waals surface area (Å²) in [5.74, 6) is -0.811. The van der Waals surface area contributed by atoms with Gasteiger partial charge in [0.15, 0.2) is 0 Å². The minimum Gasteiger partial charge on any atom is -0.336 e. The first-order valence-electron chi connectivity index (χ1n) is 6.42. The lowest BCUT2D eigenvalue weighted by atomic mass is 10.0. The van der Waals surface area contributed by atoms with E-state index in [1.54, 1.807) is 24.7 Å². The predicted molar refractivity (Wildman–Crippen MR) is 70.1 cm³/mol. The zero-order valence-corrected chi connectivity index (χ0v) is 11.6. The number of nitrogens with zero attached hydrogens (tertiary/aromatic N) is 2. The smallest absolute Gasteiger partial charge is 0.336 e. The molecule has 1 atom stereocenters. The second kappa shape index (κ2) is 5.85. The number of halogens is 4. The third-order valence-electron chi connectivity index (χ3n) is 3.17. The van der Waals surface area contributed by atoms with Crippen LogP contribution in [0, 0.1) is 5.82 Å². The lowest BCUT2D eigenvalue weighted by Gasteiger charge is -2.20. The summed E-state index contributed by atoms with van der Waals surface area (Å²) in [5.41, 5.74) is -1.34. The molecule has 1 N–H and O–H groups in total. The minimum absolute atomic E-state index is 0.0685. The Morgan fingerprint density at radius 2 is 2.05 bits per heavy atom. The molecule has 2 rings (SSSR count). The van der Waals surface area contributed by atoms with Crippen molar-refractivity contribution in [1.82, 2.24) is 14.9 Å². The molecule has 0 aliphatic carbocycles. The molecular weight excluding hydrogens is 286 g/mol. The SMILES string of the molecule is CCNC(c1cccc(C(F)(F)F)c1F)c1nccn1C. The van der Waals surface area contributed by atoms with Crippen LogP contribution in [-0.4, -0.2) is 16.1 Å². The van der Waals surface area contributed by atoms with Crippen LogP contribution in [0.4, 0.5) is 17.6 Å². The van der Waals surface area contributed by atoms with Crippen molar-refractivity contribution in [2.45, 2.75) is 19.1 Å². The molecule has 1 heterocycles. The Morgan fingerprint density at radius 3 is 2.57 bits per heavy atom. The first-order valence-corrected chi connectivity index (χ1v) is 6.42. The first-order chi connectivity index (χ1) is 9.86. The molecule has 2 aromatic rings. The molecule has 7 heteroatoms. The molecule has 0 saturated heterocycles. The van der Waals surface area contributed by atoms with Crippen molar-refractivity contribution in [3.8, 4) is 0 Å². The summed E-state index contributed by atoms with van der Waals surface area (Å²) >= 11 is 0. The van der Waals surface area contributed by atoms with Gasteiger partial charge in [-0.25, -0.2) is 9.37 Å². The van der Waals surface area contributed by atoms with Crippen molar-refractivity contribution in [2.24, 2.45) is 7.05 Å². The van der Waals surface area contributed by atoms with Gasteiger partial charge in [-0.3, -0.25) is 0 Å². The Hall–Kier alpha value is -1.89. The number of alkyl halides is 3. The van der Waals surface area contributed by atoms with Gasteiger partial charge in [0, 0.05) is 25.0 Å². The highest BCUT2D eigenvalue weighted by Gasteiger charge is 2.36. The maximum Gasteiger partial charge on any atom is 0.419 e. The molecule has 0 spiro atoms. The van der Waals surface area contributed by atoms with Gasteiger partial charge in [0.2, 0.25) is 0 Å².